The van der Waals surface area contributed by atoms with E-state index in [-0.39, 0.29) is 0 Å². The number of rotatable bonds is 3. The highest BCUT2D eigenvalue weighted by atomic mass is 127. The molecule has 17 heavy (non-hydrogen) atoms. The van der Waals surface area contributed by atoms with Crippen molar-refractivity contribution in [2.45, 2.75) is 6.54 Å². The van der Waals surface area contributed by atoms with Crippen LogP contribution in [-0.4, -0.2) is 9.97 Å². The minimum atomic E-state index is 0.294. The van der Waals surface area contributed by atoms with Crippen LogP contribution in [0.2, 0.25) is 5.02 Å². The summed E-state index contributed by atoms with van der Waals surface area (Å²) < 4.78 is 6.41. The van der Waals surface area contributed by atoms with Crippen LogP contribution in [-0.2, 0) is 6.54 Å². The standard InChI is InChI=1S/C11H9ClIN3O/c12-10-3-9(2-1-7(10)4-14)17-11-15-5-8(13)6-16-11/h1-3,5-6H,4,14H2. The summed E-state index contributed by atoms with van der Waals surface area (Å²) in [5.74, 6) is 0.591. The Hall–Kier alpha value is -0.920. The molecule has 0 spiro atoms. The van der Waals surface area contributed by atoms with Gasteiger partial charge in [-0.1, -0.05) is 17.7 Å². The molecule has 1 aromatic carbocycles. The van der Waals surface area contributed by atoms with Gasteiger partial charge in [0.2, 0.25) is 0 Å². The molecule has 0 aliphatic carbocycles. The molecular weight excluding hydrogens is 352 g/mol. The molecule has 0 amide bonds. The van der Waals surface area contributed by atoms with E-state index in [1.165, 1.54) is 0 Å². The van der Waals surface area contributed by atoms with Gasteiger partial charge in [0.15, 0.2) is 0 Å². The van der Waals surface area contributed by atoms with Crippen molar-refractivity contribution in [1.82, 2.24) is 9.97 Å². The molecule has 1 aromatic heterocycles. The average Bonchev–Trinajstić information content (AvgIpc) is 2.32. The van der Waals surface area contributed by atoms with Crippen LogP contribution in [0, 0.1) is 3.57 Å². The number of benzene rings is 1. The predicted octanol–water partition coefficient (Wildman–Crippen LogP) is 2.99. The monoisotopic (exact) mass is 361 g/mol. The maximum Gasteiger partial charge on any atom is 0.321 e. The second-order valence-electron chi connectivity index (χ2n) is 3.24. The number of hydrogen-bond acceptors (Lipinski definition) is 4. The Balaban J connectivity index is 2.19. The lowest BCUT2D eigenvalue weighted by atomic mass is 10.2. The molecule has 2 N–H and O–H groups in total. The first-order chi connectivity index (χ1) is 8.19. The fourth-order valence-corrected chi connectivity index (χ4v) is 1.74. The molecule has 0 aliphatic heterocycles. The first kappa shape index (κ1) is 12.5. The van der Waals surface area contributed by atoms with Crippen LogP contribution in [0.25, 0.3) is 0 Å². The van der Waals surface area contributed by atoms with E-state index < -0.39 is 0 Å². The predicted molar refractivity (Wildman–Crippen MR) is 74.2 cm³/mol. The minimum Gasteiger partial charge on any atom is -0.424 e. The van der Waals surface area contributed by atoms with Crippen LogP contribution in [0.1, 0.15) is 5.56 Å². The van der Waals surface area contributed by atoms with Crippen molar-refractivity contribution in [3.63, 3.8) is 0 Å². The Morgan fingerprint density at radius 2 is 2.00 bits per heavy atom. The first-order valence-electron chi connectivity index (χ1n) is 4.83. The number of halogens is 2. The number of nitrogens with zero attached hydrogens (tertiary/aromatic N) is 2. The van der Waals surface area contributed by atoms with Crippen molar-refractivity contribution < 1.29 is 4.74 Å². The molecular formula is C11H9ClIN3O. The normalized spacial score (nSPS) is 10.3. The van der Waals surface area contributed by atoms with Crippen LogP contribution in [0.15, 0.2) is 30.6 Å². The molecule has 0 saturated carbocycles. The largest absolute Gasteiger partial charge is 0.424 e. The Morgan fingerprint density at radius 1 is 1.29 bits per heavy atom. The highest BCUT2D eigenvalue weighted by Gasteiger charge is 2.04. The molecule has 0 bridgehead atoms. The zero-order valence-electron chi connectivity index (χ0n) is 8.73. The van der Waals surface area contributed by atoms with Gasteiger partial charge in [0.25, 0.3) is 0 Å². The molecule has 6 heteroatoms. The molecule has 88 valence electrons. The summed E-state index contributed by atoms with van der Waals surface area (Å²) in [5, 5.41) is 0.579. The zero-order chi connectivity index (χ0) is 12.3. The smallest absolute Gasteiger partial charge is 0.321 e. The zero-order valence-corrected chi connectivity index (χ0v) is 11.6. The highest BCUT2D eigenvalue weighted by molar-refractivity contribution is 14.1. The van der Waals surface area contributed by atoms with E-state index in [0.29, 0.717) is 23.3 Å². The molecule has 0 unspecified atom stereocenters. The molecule has 0 saturated heterocycles. The number of nitrogens with two attached hydrogens (primary N) is 1. The van der Waals surface area contributed by atoms with Gasteiger partial charge in [0, 0.05) is 27.5 Å². The Bertz CT molecular complexity index is 519. The Morgan fingerprint density at radius 3 is 2.59 bits per heavy atom. The second-order valence-corrected chi connectivity index (χ2v) is 4.90. The summed E-state index contributed by atoms with van der Waals surface area (Å²) in [4.78, 5) is 8.07. The van der Waals surface area contributed by atoms with Gasteiger partial charge < -0.3 is 10.5 Å². The van der Waals surface area contributed by atoms with Crippen LogP contribution in [0.5, 0.6) is 11.8 Å². The van der Waals surface area contributed by atoms with E-state index in [0.717, 1.165) is 9.13 Å². The summed E-state index contributed by atoms with van der Waals surface area (Å²) in [5.41, 5.74) is 6.40. The molecule has 0 atom stereocenters. The topological polar surface area (TPSA) is 61.0 Å². The fraction of sp³-hybridized carbons (Fsp3) is 0.0909. The van der Waals surface area contributed by atoms with E-state index in [1.54, 1.807) is 24.5 Å². The molecule has 0 aliphatic rings. The van der Waals surface area contributed by atoms with Crippen molar-refractivity contribution >= 4 is 34.2 Å². The number of hydrogen-bond donors (Lipinski definition) is 1. The fourth-order valence-electron chi connectivity index (χ4n) is 1.22. The molecule has 2 rings (SSSR count). The van der Waals surface area contributed by atoms with Crippen LogP contribution < -0.4 is 10.5 Å². The van der Waals surface area contributed by atoms with Crippen molar-refractivity contribution in [3.05, 3.63) is 44.7 Å². The van der Waals surface area contributed by atoms with Crippen molar-refractivity contribution in [2.24, 2.45) is 5.73 Å². The SMILES string of the molecule is NCc1ccc(Oc2ncc(I)cn2)cc1Cl. The molecule has 0 radical (unpaired) electrons. The maximum atomic E-state index is 6.02. The third-order valence-electron chi connectivity index (χ3n) is 2.05. The Kier molecular flexibility index (Phi) is 4.14. The summed E-state index contributed by atoms with van der Waals surface area (Å²) >= 11 is 8.15. The van der Waals surface area contributed by atoms with Crippen LogP contribution in [0.3, 0.4) is 0 Å². The lowest BCUT2D eigenvalue weighted by Gasteiger charge is -2.06. The van der Waals surface area contributed by atoms with E-state index in [4.69, 9.17) is 22.1 Å². The molecule has 2 aromatic rings. The number of aromatic nitrogens is 2. The van der Waals surface area contributed by atoms with E-state index in [1.807, 2.05) is 6.07 Å². The summed E-state index contributed by atoms with van der Waals surface area (Å²) in [6.07, 6.45) is 3.36. The van der Waals surface area contributed by atoms with Gasteiger partial charge >= 0.3 is 6.01 Å². The number of ether oxygens (including phenoxy) is 1. The van der Waals surface area contributed by atoms with Gasteiger partial charge in [-0.05, 0) is 40.3 Å². The van der Waals surface area contributed by atoms with E-state index in [9.17, 15) is 0 Å². The third kappa shape index (κ3) is 3.27. The van der Waals surface area contributed by atoms with Crippen LogP contribution >= 0.6 is 34.2 Å². The van der Waals surface area contributed by atoms with E-state index in [2.05, 4.69) is 32.6 Å². The lowest BCUT2D eigenvalue weighted by molar-refractivity contribution is 0.441. The average molecular weight is 362 g/mol. The van der Waals surface area contributed by atoms with Crippen molar-refractivity contribution in [1.29, 1.82) is 0 Å². The van der Waals surface area contributed by atoms with Crippen LogP contribution in [0.4, 0.5) is 0 Å². The van der Waals surface area contributed by atoms with Crippen molar-refractivity contribution in [3.8, 4) is 11.8 Å². The van der Waals surface area contributed by atoms with Gasteiger partial charge in [0.05, 0.1) is 0 Å². The van der Waals surface area contributed by atoms with Crippen molar-refractivity contribution in [2.75, 3.05) is 0 Å². The Labute approximate surface area is 117 Å². The quantitative estimate of drug-likeness (QED) is 0.854. The van der Waals surface area contributed by atoms with Gasteiger partial charge in [-0.25, -0.2) is 9.97 Å². The van der Waals surface area contributed by atoms with Gasteiger partial charge in [0.1, 0.15) is 5.75 Å². The maximum absolute atomic E-state index is 6.02. The lowest BCUT2D eigenvalue weighted by Crippen LogP contribution is -1.97. The molecule has 0 fully saturated rings. The highest BCUT2D eigenvalue weighted by Crippen LogP contribution is 2.24. The summed E-state index contributed by atoms with van der Waals surface area (Å²) in [7, 11) is 0. The minimum absolute atomic E-state index is 0.294. The second kappa shape index (κ2) is 5.61. The van der Waals surface area contributed by atoms with Gasteiger partial charge in [-0.15, -0.1) is 0 Å². The molecule has 4 nitrogen and oxygen atoms in total. The van der Waals surface area contributed by atoms with E-state index >= 15 is 0 Å². The summed E-state index contributed by atoms with van der Waals surface area (Å²) in [6.45, 7) is 0.402. The third-order valence-corrected chi connectivity index (χ3v) is 2.96. The van der Waals surface area contributed by atoms with Gasteiger partial charge in [-0.3, -0.25) is 0 Å². The van der Waals surface area contributed by atoms with Gasteiger partial charge in [-0.2, -0.15) is 0 Å². The summed E-state index contributed by atoms with van der Waals surface area (Å²) in [6, 6.07) is 5.60. The molecule has 1 heterocycles. The first-order valence-corrected chi connectivity index (χ1v) is 6.28.